The number of amides is 1. The van der Waals surface area contributed by atoms with Gasteiger partial charge in [0.05, 0.1) is 24.0 Å². The minimum Gasteiger partial charge on any atom is -0.383 e. The van der Waals surface area contributed by atoms with Gasteiger partial charge in [-0.05, 0) is 32.4 Å². The second-order valence-corrected chi connectivity index (χ2v) is 8.15. The Kier molecular flexibility index (Phi) is 5.59. The molecular weight excluding hydrogens is 422 g/mol. The molecule has 0 aliphatic carbocycles. The van der Waals surface area contributed by atoms with Gasteiger partial charge >= 0.3 is 5.69 Å². The Morgan fingerprint density at radius 1 is 1.21 bits per heavy atom. The van der Waals surface area contributed by atoms with Gasteiger partial charge in [-0.15, -0.1) is 0 Å². The zero-order valence-corrected chi connectivity index (χ0v) is 18.9. The van der Waals surface area contributed by atoms with Gasteiger partial charge in [0.2, 0.25) is 0 Å². The first-order chi connectivity index (χ1) is 15.7. The van der Waals surface area contributed by atoms with Gasteiger partial charge in [-0.2, -0.15) is 5.10 Å². The molecule has 0 radical (unpaired) electrons. The fourth-order valence-corrected chi connectivity index (χ4v) is 3.77. The molecule has 4 rings (SSSR count). The number of benzene rings is 1. The van der Waals surface area contributed by atoms with Crippen molar-refractivity contribution in [2.75, 3.05) is 17.7 Å². The monoisotopic (exact) mass is 447 g/mol. The SMILES string of the molecule is Cc1nc2c(cnn2C(C)C)cc1C(=O)N(C)c1c(N)n(Cc2ccccc2)c(=O)[nH]c1=O. The summed E-state index contributed by atoms with van der Waals surface area (Å²) in [7, 11) is 1.45. The van der Waals surface area contributed by atoms with Gasteiger partial charge in [0, 0.05) is 18.5 Å². The van der Waals surface area contributed by atoms with E-state index in [1.807, 2.05) is 44.2 Å². The van der Waals surface area contributed by atoms with Crippen LogP contribution in [0.3, 0.4) is 0 Å². The van der Waals surface area contributed by atoms with E-state index in [0.29, 0.717) is 22.3 Å². The normalized spacial score (nSPS) is 11.3. The Balaban J connectivity index is 1.76. The number of nitrogen functional groups attached to an aromatic ring is 1. The third-order valence-electron chi connectivity index (χ3n) is 5.52. The maximum atomic E-state index is 13.4. The Bertz CT molecular complexity index is 1470. The first-order valence-corrected chi connectivity index (χ1v) is 10.5. The number of hydrogen-bond acceptors (Lipinski definition) is 6. The molecule has 0 saturated heterocycles. The summed E-state index contributed by atoms with van der Waals surface area (Å²) in [6.45, 7) is 5.87. The number of anilines is 2. The van der Waals surface area contributed by atoms with Crippen LogP contribution in [0.4, 0.5) is 11.5 Å². The number of nitrogens with two attached hydrogens (primary N) is 1. The van der Waals surface area contributed by atoms with Crippen LogP contribution in [0.2, 0.25) is 0 Å². The summed E-state index contributed by atoms with van der Waals surface area (Å²) >= 11 is 0. The highest BCUT2D eigenvalue weighted by atomic mass is 16.2. The molecule has 0 saturated carbocycles. The standard InChI is InChI=1S/C23H25N7O3/c1-13(2)30-20-16(11-25-30)10-17(14(3)26-20)22(32)28(4)18-19(24)29(23(33)27-21(18)31)12-15-8-6-5-7-9-15/h5-11,13H,12,24H2,1-4H3,(H,27,31,33). The number of aromatic nitrogens is 5. The molecule has 10 nitrogen and oxygen atoms in total. The Labute approximate surface area is 189 Å². The highest BCUT2D eigenvalue weighted by Gasteiger charge is 2.24. The lowest BCUT2D eigenvalue weighted by molar-refractivity contribution is 0.0992. The van der Waals surface area contributed by atoms with Gasteiger partial charge in [-0.1, -0.05) is 30.3 Å². The number of carbonyl (C=O) groups is 1. The smallest absolute Gasteiger partial charge is 0.330 e. The van der Waals surface area contributed by atoms with E-state index in [2.05, 4.69) is 15.1 Å². The summed E-state index contributed by atoms with van der Waals surface area (Å²) in [4.78, 5) is 46.4. The molecule has 3 heterocycles. The van der Waals surface area contributed by atoms with Crippen molar-refractivity contribution < 1.29 is 4.79 Å². The van der Waals surface area contributed by atoms with E-state index in [1.54, 1.807) is 23.9 Å². The summed E-state index contributed by atoms with van der Waals surface area (Å²) in [5, 5.41) is 5.06. The molecule has 1 amide bonds. The van der Waals surface area contributed by atoms with E-state index >= 15 is 0 Å². The zero-order chi connectivity index (χ0) is 23.9. The molecule has 0 spiro atoms. The lowest BCUT2D eigenvalue weighted by Crippen LogP contribution is -2.39. The van der Waals surface area contributed by atoms with Gasteiger partial charge in [0.25, 0.3) is 11.5 Å². The van der Waals surface area contributed by atoms with Crippen molar-refractivity contribution >= 4 is 28.4 Å². The fourth-order valence-electron chi connectivity index (χ4n) is 3.77. The minimum atomic E-state index is -0.739. The lowest BCUT2D eigenvalue weighted by atomic mass is 10.1. The van der Waals surface area contributed by atoms with Crippen molar-refractivity contribution in [3.05, 3.63) is 80.3 Å². The Morgan fingerprint density at radius 3 is 2.58 bits per heavy atom. The first-order valence-electron chi connectivity index (χ1n) is 10.5. The number of rotatable bonds is 5. The highest BCUT2D eigenvalue weighted by Crippen LogP contribution is 2.23. The second kappa shape index (κ2) is 8.38. The molecule has 0 fully saturated rings. The molecular formula is C23H25N7O3. The third kappa shape index (κ3) is 3.91. The molecule has 3 aromatic heterocycles. The Hall–Kier alpha value is -4.21. The molecule has 0 atom stereocenters. The average molecular weight is 447 g/mol. The maximum absolute atomic E-state index is 13.4. The number of hydrogen-bond donors (Lipinski definition) is 2. The number of H-pyrrole nitrogens is 1. The van der Waals surface area contributed by atoms with Crippen LogP contribution in [-0.2, 0) is 6.54 Å². The largest absolute Gasteiger partial charge is 0.383 e. The molecule has 0 unspecified atom stereocenters. The van der Waals surface area contributed by atoms with E-state index in [9.17, 15) is 14.4 Å². The Morgan fingerprint density at radius 2 is 1.91 bits per heavy atom. The molecule has 0 aliphatic rings. The molecule has 3 N–H and O–H groups in total. The van der Waals surface area contributed by atoms with Crippen LogP contribution in [-0.4, -0.2) is 37.3 Å². The predicted molar refractivity (Wildman–Crippen MR) is 127 cm³/mol. The van der Waals surface area contributed by atoms with Crippen LogP contribution in [0, 0.1) is 6.92 Å². The van der Waals surface area contributed by atoms with Gasteiger partial charge in [0.15, 0.2) is 11.3 Å². The van der Waals surface area contributed by atoms with Gasteiger partial charge < -0.3 is 10.6 Å². The van der Waals surface area contributed by atoms with Crippen molar-refractivity contribution in [3.63, 3.8) is 0 Å². The van der Waals surface area contributed by atoms with E-state index in [0.717, 1.165) is 10.5 Å². The fraction of sp³-hybridized carbons (Fsp3) is 0.261. The molecule has 170 valence electrons. The molecule has 33 heavy (non-hydrogen) atoms. The predicted octanol–water partition coefficient (Wildman–Crippen LogP) is 2.08. The number of carbonyl (C=O) groups excluding carboxylic acids is 1. The lowest BCUT2D eigenvalue weighted by Gasteiger charge is -2.21. The maximum Gasteiger partial charge on any atom is 0.330 e. The van der Waals surface area contributed by atoms with E-state index in [4.69, 9.17) is 5.73 Å². The van der Waals surface area contributed by atoms with Crippen LogP contribution >= 0.6 is 0 Å². The first kappa shape index (κ1) is 22.0. The van der Waals surface area contributed by atoms with Crippen molar-refractivity contribution in [3.8, 4) is 0 Å². The van der Waals surface area contributed by atoms with Crippen molar-refractivity contribution in [2.24, 2.45) is 0 Å². The summed E-state index contributed by atoms with van der Waals surface area (Å²) in [5.41, 5.74) is 7.05. The van der Waals surface area contributed by atoms with E-state index in [-0.39, 0.29) is 24.1 Å². The second-order valence-electron chi connectivity index (χ2n) is 8.15. The number of aromatic amines is 1. The highest BCUT2D eigenvalue weighted by molar-refractivity contribution is 6.08. The van der Waals surface area contributed by atoms with Crippen molar-refractivity contribution in [1.82, 2.24) is 24.3 Å². The summed E-state index contributed by atoms with van der Waals surface area (Å²) in [6, 6.07) is 11.0. The molecule has 0 bridgehead atoms. The van der Waals surface area contributed by atoms with Crippen LogP contribution in [0.1, 0.15) is 41.5 Å². The van der Waals surface area contributed by atoms with Crippen molar-refractivity contribution in [2.45, 2.75) is 33.4 Å². The van der Waals surface area contributed by atoms with E-state index < -0.39 is 17.2 Å². The van der Waals surface area contributed by atoms with Gasteiger partial charge in [-0.3, -0.25) is 19.1 Å². The topological polar surface area (TPSA) is 132 Å². The summed E-state index contributed by atoms with van der Waals surface area (Å²) < 4.78 is 3.01. The zero-order valence-electron chi connectivity index (χ0n) is 18.9. The van der Waals surface area contributed by atoms with Crippen LogP contribution in [0.5, 0.6) is 0 Å². The molecule has 0 aliphatic heterocycles. The number of nitrogens with zero attached hydrogens (tertiary/aromatic N) is 5. The summed E-state index contributed by atoms with van der Waals surface area (Å²) in [5.74, 6) is -0.566. The van der Waals surface area contributed by atoms with Gasteiger partial charge in [-0.25, -0.2) is 14.5 Å². The number of fused-ring (bicyclic) bond motifs is 1. The molecule has 10 heteroatoms. The molecule has 4 aromatic rings. The third-order valence-corrected chi connectivity index (χ3v) is 5.52. The molecule has 1 aromatic carbocycles. The number of aryl methyl sites for hydroxylation is 1. The minimum absolute atomic E-state index is 0.0947. The quantitative estimate of drug-likeness (QED) is 0.481. The van der Waals surface area contributed by atoms with Crippen molar-refractivity contribution in [1.29, 1.82) is 0 Å². The van der Waals surface area contributed by atoms with Crippen LogP contribution < -0.4 is 21.9 Å². The number of nitrogens with one attached hydrogen (secondary N) is 1. The average Bonchev–Trinajstić information content (AvgIpc) is 3.19. The summed E-state index contributed by atoms with van der Waals surface area (Å²) in [6.07, 6.45) is 1.65. The number of pyridine rings is 1. The van der Waals surface area contributed by atoms with Crippen LogP contribution in [0.15, 0.2) is 52.2 Å². The van der Waals surface area contributed by atoms with E-state index in [1.165, 1.54) is 11.6 Å². The van der Waals surface area contributed by atoms with Crippen LogP contribution in [0.25, 0.3) is 11.0 Å². The van der Waals surface area contributed by atoms with Gasteiger partial charge in [0.1, 0.15) is 5.82 Å².